The van der Waals surface area contributed by atoms with Gasteiger partial charge in [-0.25, -0.2) is 0 Å². The largest absolute Gasteiger partial charge is 0.389 e. The van der Waals surface area contributed by atoms with E-state index in [1.54, 1.807) is 19.9 Å². The Bertz CT molecular complexity index is 1460. The van der Waals surface area contributed by atoms with Gasteiger partial charge in [0.15, 0.2) is 5.78 Å². The Balaban J connectivity index is 0.000000142. The molecule has 0 spiro atoms. The highest BCUT2D eigenvalue weighted by molar-refractivity contribution is 6.13. The van der Waals surface area contributed by atoms with Crippen LogP contribution in [0.2, 0.25) is 0 Å². The normalized spacial score (nSPS) is 15.6. The summed E-state index contributed by atoms with van der Waals surface area (Å²) in [6.45, 7) is 5.96. The number of nitrogens with one attached hydrogen (secondary N) is 2. The van der Waals surface area contributed by atoms with Crippen LogP contribution in [-0.4, -0.2) is 44.9 Å². The third-order valence-electron chi connectivity index (χ3n) is 6.42. The number of benzene rings is 2. The lowest BCUT2D eigenvalue weighted by molar-refractivity contribution is 0.0948. The Morgan fingerprint density at radius 2 is 1.41 bits per heavy atom. The van der Waals surface area contributed by atoms with Gasteiger partial charge in [-0.05, 0) is 26.0 Å². The number of nitrogens with zero attached hydrogens (tertiary/aromatic N) is 2. The molecule has 2 aliphatic rings. The molecule has 8 nitrogen and oxygen atoms in total. The molecule has 174 valence electrons. The van der Waals surface area contributed by atoms with Gasteiger partial charge in [0, 0.05) is 60.5 Å². The molecule has 0 bridgehead atoms. The van der Waals surface area contributed by atoms with E-state index >= 15 is 0 Å². The summed E-state index contributed by atoms with van der Waals surface area (Å²) in [6.07, 6.45) is 3.27. The maximum atomic E-state index is 11.9. The summed E-state index contributed by atoms with van der Waals surface area (Å²) >= 11 is 0. The van der Waals surface area contributed by atoms with Crippen molar-refractivity contribution in [2.24, 2.45) is 0 Å². The highest BCUT2D eigenvalue weighted by atomic mass is 16.3. The molecule has 4 heterocycles. The zero-order chi connectivity index (χ0) is 24.0. The minimum atomic E-state index is -0.517. The molecule has 1 atom stereocenters. The van der Waals surface area contributed by atoms with Crippen LogP contribution in [0.1, 0.15) is 56.6 Å². The predicted molar refractivity (Wildman–Crippen MR) is 129 cm³/mol. The summed E-state index contributed by atoms with van der Waals surface area (Å²) in [5.74, 6) is -0.0703. The van der Waals surface area contributed by atoms with Crippen LogP contribution in [0.4, 0.5) is 0 Å². The van der Waals surface area contributed by atoms with Gasteiger partial charge in [0.2, 0.25) is 0 Å². The van der Waals surface area contributed by atoms with Crippen LogP contribution >= 0.6 is 0 Å². The second-order valence-electron chi connectivity index (χ2n) is 8.66. The number of aromatic nitrogens is 2. The standard InChI is InChI=1S/C13H14N2O2.C13H12N2O2/c2*1-8(16)11-7-15-6-5-14-13(17)10-4-2-3-9(11)12(10)15/h2-4,7-8,16H,5-6H2,1H3,(H,14,17);2-4,7H,5-6H2,1H3,(H,14,17). The van der Waals surface area contributed by atoms with Crippen molar-refractivity contribution in [1.29, 1.82) is 0 Å². The Labute approximate surface area is 196 Å². The van der Waals surface area contributed by atoms with E-state index in [0.717, 1.165) is 33.9 Å². The fraction of sp³-hybridized carbons (Fsp3) is 0.269. The summed E-state index contributed by atoms with van der Waals surface area (Å²) < 4.78 is 4.03. The van der Waals surface area contributed by atoms with E-state index in [9.17, 15) is 19.5 Å². The highest BCUT2D eigenvalue weighted by Crippen LogP contribution is 2.30. The van der Waals surface area contributed by atoms with Crippen LogP contribution in [0.25, 0.3) is 21.8 Å². The summed E-state index contributed by atoms with van der Waals surface area (Å²) in [7, 11) is 0. The molecule has 0 saturated heterocycles. The monoisotopic (exact) mass is 458 g/mol. The van der Waals surface area contributed by atoms with E-state index in [1.165, 1.54) is 0 Å². The van der Waals surface area contributed by atoms with Gasteiger partial charge in [-0.2, -0.15) is 0 Å². The van der Waals surface area contributed by atoms with E-state index in [1.807, 2.05) is 51.9 Å². The number of hydrogen-bond donors (Lipinski definition) is 3. The number of aliphatic hydroxyl groups is 1. The SMILES string of the molecule is CC(=O)c1cn2c3c(cccc13)C(=O)NCC2.CC(O)c1cn2c3c(cccc13)C(=O)NCC2. The molecule has 4 aromatic rings. The number of hydrogen-bond acceptors (Lipinski definition) is 4. The second kappa shape index (κ2) is 8.46. The van der Waals surface area contributed by atoms with Crippen LogP contribution in [0.5, 0.6) is 0 Å². The Morgan fingerprint density at radius 1 is 0.882 bits per heavy atom. The van der Waals surface area contributed by atoms with E-state index < -0.39 is 6.10 Å². The molecule has 2 amide bonds. The molecule has 0 fully saturated rings. The number of para-hydroxylation sites is 2. The van der Waals surface area contributed by atoms with Gasteiger partial charge in [0.1, 0.15) is 0 Å². The minimum absolute atomic E-state index is 0.0341. The van der Waals surface area contributed by atoms with E-state index in [2.05, 4.69) is 10.6 Å². The first-order valence-corrected chi connectivity index (χ1v) is 11.4. The first-order valence-electron chi connectivity index (χ1n) is 11.4. The first kappa shape index (κ1) is 21.9. The molecular formula is C26H26N4O4. The number of ketones is 1. The molecule has 0 aliphatic carbocycles. The lowest BCUT2D eigenvalue weighted by atomic mass is 10.1. The molecule has 2 aromatic carbocycles. The van der Waals surface area contributed by atoms with Gasteiger partial charge in [-0.3, -0.25) is 14.4 Å². The van der Waals surface area contributed by atoms with Crippen molar-refractivity contribution in [3.05, 3.63) is 71.0 Å². The highest BCUT2D eigenvalue weighted by Gasteiger charge is 2.21. The van der Waals surface area contributed by atoms with Crippen molar-refractivity contribution < 1.29 is 19.5 Å². The number of aliphatic hydroxyl groups excluding tert-OH is 1. The second-order valence-corrected chi connectivity index (χ2v) is 8.66. The fourth-order valence-electron chi connectivity index (χ4n) is 4.85. The summed E-state index contributed by atoms with van der Waals surface area (Å²) in [6, 6.07) is 11.1. The number of rotatable bonds is 2. The summed E-state index contributed by atoms with van der Waals surface area (Å²) in [5.41, 5.74) is 4.71. The van der Waals surface area contributed by atoms with Crippen LogP contribution in [0, 0.1) is 0 Å². The minimum Gasteiger partial charge on any atom is -0.389 e. The zero-order valence-corrected chi connectivity index (χ0v) is 19.1. The number of carbonyl (C=O) groups excluding carboxylic acids is 3. The molecule has 6 rings (SSSR count). The lowest BCUT2D eigenvalue weighted by Crippen LogP contribution is -2.24. The molecular weight excluding hydrogens is 432 g/mol. The Kier molecular flexibility index (Phi) is 5.45. The topological polar surface area (TPSA) is 105 Å². The van der Waals surface area contributed by atoms with E-state index in [-0.39, 0.29) is 17.6 Å². The van der Waals surface area contributed by atoms with Crippen molar-refractivity contribution in [2.45, 2.75) is 33.0 Å². The summed E-state index contributed by atoms with van der Waals surface area (Å²) in [4.78, 5) is 35.3. The van der Waals surface area contributed by atoms with Crippen LogP contribution in [-0.2, 0) is 13.1 Å². The average molecular weight is 459 g/mol. The molecule has 1 unspecified atom stereocenters. The fourth-order valence-corrected chi connectivity index (χ4v) is 4.85. The maximum Gasteiger partial charge on any atom is 0.253 e. The molecule has 2 aromatic heterocycles. The Hall–Kier alpha value is -3.91. The average Bonchev–Trinajstić information content (AvgIpc) is 3.27. The maximum absolute atomic E-state index is 11.9. The predicted octanol–water partition coefficient (Wildman–Crippen LogP) is 3.03. The quantitative estimate of drug-likeness (QED) is 0.402. The lowest BCUT2D eigenvalue weighted by Gasteiger charge is -2.04. The zero-order valence-electron chi connectivity index (χ0n) is 19.1. The number of carbonyl (C=O) groups is 3. The number of amides is 2. The van der Waals surface area contributed by atoms with Gasteiger partial charge in [0.05, 0.1) is 28.3 Å². The van der Waals surface area contributed by atoms with Crippen LogP contribution in [0.3, 0.4) is 0 Å². The first-order chi connectivity index (χ1) is 16.4. The smallest absolute Gasteiger partial charge is 0.253 e. The number of Topliss-reactive ketones (excluding diaryl/α,β-unsaturated/α-hetero) is 1. The van der Waals surface area contributed by atoms with Crippen LogP contribution in [0.15, 0.2) is 48.8 Å². The van der Waals surface area contributed by atoms with Crippen molar-refractivity contribution in [3.63, 3.8) is 0 Å². The van der Waals surface area contributed by atoms with Crippen molar-refractivity contribution in [2.75, 3.05) is 13.1 Å². The van der Waals surface area contributed by atoms with Gasteiger partial charge in [0.25, 0.3) is 11.8 Å². The molecule has 3 N–H and O–H groups in total. The van der Waals surface area contributed by atoms with Crippen LogP contribution < -0.4 is 10.6 Å². The summed E-state index contributed by atoms with van der Waals surface area (Å²) in [5, 5.41) is 17.3. The van der Waals surface area contributed by atoms with E-state index in [0.29, 0.717) is 36.3 Å². The molecule has 8 heteroatoms. The third-order valence-corrected chi connectivity index (χ3v) is 6.42. The molecule has 0 saturated carbocycles. The van der Waals surface area contributed by atoms with Crippen molar-refractivity contribution in [1.82, 2.24) is 19.8 Å². The van der Waals surface area contributed by atoms with Crippen molar-refractivity contribution in [3.8, 4) is 0 Å². The molecule has 0 radical (unpaired) electrons. The third kappa shape index (κ3) is 3.56. The van der Waals surface area contributed by atoms with Crippen molar-refractivity contribution >= 4 is 39.4 Å². The van der Waals surface area contributed by atoms with Gasteiger partial charge in [-0.1, -0.05) is 24.3 Å². The Morgan fingerprint density at radius 3 is 1.97 bits per heavy atom. The van der Waals surface area contributed by atoms with Gasteiger partial charge < -0.3 is 24.9 Å². The molecule has 34 heavy (non-hydrogen) atoms. The molecule has 2 aliphatic heterocycles. The van der Waals surface area contributed by atoms with Gasteiger partial charge >= 0.3 is 0 Å². The van der Waals surface area contributed by atoms with E-state index in [4.69, 9.17) is 0 Å². The van der Waals surface area contributed by atoms with Gasteiger partial charge in [-0.15, -0.1) is 0 Å².